The van der Waals surface area contributed by atoms with Crippen molar-refractivity contribution in [3.63, 3.8) is 0 Å². The Bertz CT molecular complexity index is 1360. The largest absolute Gasteiger partial charge is 0.479 e. The van der Waals surface area contributed by atoms with E-state index in [1.54, 1.807) is 6.08 Å². The average Bonchev–Trinajstić information content (AvgIpc) is 3.32. The van der Waals surface area contributed by atoms with E-state index in [4.69, 9.17) is 27.1 Å². The van der Waals surface area contributed by atoms with Gasteiger partial charge >= 0.3 is 11.9 Å². The summed E-state index contributed by atoms with van der Waals surface area (Å²) in [5.74, 6) is -3.33. The van der Waals surface area contributed by atoms with Crippen LogP contribution in [0.2, 0.25) is 0 Å². The number of carboxylic acids is 2. The first kappa shape index (κ1) is 29.2. The second-order valence-electron chi connectivity index (χ2n) is 8.35. The summed E-state index contributed by atoms with van der Waals surface area (Å²) in [6.45, 7) is 1.65. The summed E-state index contributed by atoms with van der Waals surface area (Å²) in [6, 6.07) is -1.07. The predicted octanol–water partition coefficient (Wildman–Crippen LogP) is -1.22. The maximum Gasteiger partial charge on any atom is 0.352 e. The number of carbonyl (C=O) groups excluding carboxylic acids is 2. The monoisotopic (exact) mass is 611 g/mol. The molecule has 214 valence electrons. The van der Waals surface area contributed by atoms with Gasteiger partial charge in [0.2, 0.25) is 6.61 Å². The maximum atomic E-state index is 13.1. The van der Waals surface area contributed by atoms with Crippen LogP contribution in [-0.2, 0) is 24.0 Å². The van der Waals surface area contributed by atoms with Gasteiger partial charge in [-0.1, -0.05) is 16.9 Å². The van der Waals surface area contributed by atoms with Gasteiger partial charge in [-0.3, -0.25) is 14.5 Å². The molecule has 16 nitrogen and oxygen atoms in total. The number of anilines is 1. The minimum Gasteiger partial charge on any atom is -0.479 e. The summed E-state index contributed by atoms with van der Waals surface area (Å²) in [4.78, 5) is 65.0. The van der Waals surface area contributed by atoms with Gasteiger partial charge in [0.15, 0.2) is 16.0 Å². The smallest absolute Gasteiger partial charge is 0.352 e. The molecule has 3 atom stereocenters. The number of amides is 2. The van der Waals surface area contributed by atoms with E-state index in [2.05, 4.69) is 20.4 Å². The summed E-state index contributed by atoms with van der Waals surface area (Å²) in [6.07, 6.45) is 1.15. The summed E-state index contributed by atoms with van der Waals surface area (Å²) in [7, 11) is 0. The van der Waals surface area contributed by atoms with Gasteiger partial charge in [0.1, 0.15) is 34.8 Å². The number of aliphatic carboxylic acids is 2. The van der Waals surface area contributed by atoms with Gasteiger partial charge in [-0.05, 0) is 18.6 Å². The molecule has 1 aromatic heterocycles. The highest BCUT2D eigenvalue weighted by Crippen LogP contribution is 2.41. The highest BCUT2D eigenvalue weighted by atomic mass is 32.2. The molecule has 0 aliphatic carbocycles. The number of β-lactam (4-membered cyclic amide) rings is 1. The van der Waals surface area contributed by atoms with E-state index in [0.717, 1.165) is 16.2 Å². The zero-order valence-corrected chi connectivity index (χ0v) is 23.3. The lowest BCUT2D eigenvalue weighted by atomic mass is 10.0. The Morgan fingerprint density at radius 2 is 2.08 bits per heavy atom. The fourth-order valence-corrected chi connectivity index (χ4v) is 7.13. The standard InChI is InChI=1S/C21H25N9O7S3/c1-2-29-11(23)3-10(22)26-21(29)40-6-8-5-38-18-14(17(34)30(18)15(8)19(35)36)27-16(33)13(28-37-4-12(31)32)9-7-39-20(24)25-9/h3,7,11,14,18H,2,4-6,22-23H2,1H3,(H2,24,25)(H,27,33)(H,31,32)(H,35,36)/b28-13-/t11?,14?,18-/m0/s1. The third kappa shape index (κ3) is 6.01. The molecule has 2 unspecified atom stereocenters. The number of nitrogens with two attached hydrogens (primary N) is 3. The maximum absolute atomic E-state index is 13.1. The number of amidine groups is 1. The molecule has 0 aromatic carbocycles. The van der Waals surface area contributed by atoms with E-state index in [0.29, 0.717) is 17.3 Å². The van der Waals surface area contributed by atoms with Crippen molar-refractivity contribution >= 4 is 74.6 Å². The zero-order chi connectivity index (χ0) is 29.1. The lowest BCUT2D eigenvalue weighted by Gasteiger charge is -2.49. The molecule has 4 heterocycles. The third-order valence-corrected chi connectivity index (χ3v) is 8.84. The zero-order valence-electron chi connectivity index (χ0n) is 20.8. The van der Waals surface area contributed by atoms with Crippen molar-refractivity contribution in [1.29, 1.82) is 0 Å². The summed E-state index contributed by atoms with van der Waals surface area (Å²) in [5.41, 5.74) is 17.6. The van der Waals surface area contributed by atoms with Gasteiger partial charge < -0.3 is 42.5 Å². The van der Waals surface area contributed by atoms with Gasteiger partial charge in [-0.25, -0.2) is 19.6 Å². The molecule has 4 rings (SSSR count). The Kier molecular flexibility index (Phi) is 8.86. The Morgan fingerprint density at radius 3 is 2.70 bits per heavy atom. The predicted molar refractivity (Wildman–Crippen MR) is 149 cm³/mol. The molecule has 1 fully saturated rings. The van der Waals surface area contributed by atoms with Crippen LogP contribution in [-0.4, -0.2) is 102 Å². The van der Waals surface area contributed by atoms with Crippen molar-refractivity contribution in [2.45, 2.75) is 24.5 Å². The van der Waals surface area contributed by atoms with Crippen LogP contribution in [0, 0.1) is 0 Å². The number of nitrogens with zero attached hydrogens (tertiary/aromatic N) is 5. The van der Waals surface area contributed by atoms with Crippen LogP contribution in [0.1, 0.15) is 12.6 Å². The number of thioether (sulfide) groups is 2. The van der Waals surface area contributed by atoms with Crippen molar-refractivity contribution in [2.24, 2.45) is 21.6 Å². The Balaban J connectivity index is 1.49. The number of carbonyl (C=O) groups is 4. The molecule has 0 radical (unpaired) electrons. The highest BCUT2D eigenvalue weighted by molar-refractivity contribution is 8.14. The molecule has 0 spiro atoms. The third-order valence-electron chi connectivity index (χ3n) is 5.75. The van der Waals surface area contributed by atoms with Gasteiger partial charge in [-0.2, -0.15) is 0 Å². The van der Waals surface area contributed by atoms with Crippen LogP contribution in [0.25, 0.3) is 0 Å². The number of thiazole rings is 1. The Hall–Kier alpha value is -3.81. The lowest BCUT2D eigenvalue weighted by molar-refractivity contribution is -0.150. The van der Waals surface area contributed by atoms with Crippen LogP contribution in [0.15, 0.2) is 38.7 Å². The molecule has 3 aliphatic heterocycles. The second kappa shape index (κ2) is 12.1. The first-order valence-corrected chi connectivity index (χ1v) is 14.5. The Labute approximate surface area is 239 Å². The van der Waals surface area contributed by atoms with Gasteiger partial charge in [0.25, 0.3) is 11.8 Å². The second-order valence-corrected chi connectivity index (χ2v) is 11.3. The van der Waals surface area contributed by atoms with E-state index < -0.39 is 47.9 Å². The van der Waals surface area contributed by atoms with Crippen LogP contribution < -0.4 is 22.5 Å². The number of hydrogen-bond donors (Lipinski definition) is 6. The first-order chi connectivity index (χ1) is 19.0. The number of likely N-dealkylation sites (N-methyl/N-ethyl adjacent to an activating group) is 1. The number of fused-ring (bicyclic) bond motifs is 1. The van der Waals surface area contributed by atoms with Crippen molar-refractivity contribution in [3.05, 3.63) is 34.2 Å². The Morgan fingerprint density at radius 1 is 1.32 bits per heavy atom. The number of aliphatic imine (C=N–C) groups is 1. The number of nitrogens with one attached hydrogen (secondary N) is 1. The molecule has 1 saturated heterocycles. The molecule has 19 heteroatoms. The van der Waals surface area contributed by atoms with Gasteiger partial charge in [-0.15, -0.1) is 23.1 Å². The van der Waals surface area contributed by atoms with Gasteiger partial charge in [0, 0.05) is 23.4 Å². The van der Waals surface area contributed by atoms with E-state index in [1.165, 1.54) is 28.9 Å². The van der Waals surface area contributed by atoms with Crippen LogP contribution >= 0.6 is 34.9 Å². The number of rotatable bonds is 10. The van der Waals surface area contributed by atoms with Crippen LogP contribution in [0.3, 0.4) is 0 Å². The highest BCUT2D eigenvalue weighted by Gasteiger charge is 2.54. The topological polar surface area (TPSA) is 252 Å². The molecular weight excluding hydrogens is 586 g/mol. The van der Waals surface area contributed by atoms with Crippen molar-refractivity contribution in [3.8, 4) is 0 Å². The van der Waals surface area contributed by atoms with Crippen molar-refractivity contribution in [1.82, 2.24) is 20.1 Å². The molecule has 3 aliphatic rings. The number of carboxylic acid groups (broad SMARTS) is 2. The van der Waals surface area contributed by atoms with E-state index in [-0.39, 0.29) is 39.6 Å². The molecule has 1 aromatic rings. The molecule has 0 saturated carbocycles. The number of aromatic nitrogens is 1. The van der Waals surface area contributed by atoms with Crippen molar-refractivity contribution in [2.75, 3.05) is 30.4 Å². The summed E-state index contributed by atoms with van der Waals surface area (Å²) < 4.78 is 0. The van der Waals surface area contributed by atoms with Gasteiger partial charge in [0.05, 0.1) is 0 Å². The number of hydrogen-bond acceptors (Lipinski definition) is 15. The summed E-state index contributed by atoms with van der Waals surface area (Å²) >= 11 is 3.57. The van der Waals surface area contributed by atoms with E-state index >= 15 is 0 Å². The number of oxime groups is 1. The van der Waals surface area contributed by atoms with Crippen LogP contribution in [0.4, 0.5) is 5.13 Å². The molecule has 9 N–H and O–H groups in total. The normalized spacial score (nSPS) is 22.7. The molecule has 40 heavy (non-hydrogen) atoms. The fourth-order valence-electron chi connectivity index (χ4n) is 3.97. The minimum atomic E-state index is -1.31. The van der Waals surface area contributed by atoms with E-state index in [1.807, 2.05) is 11.8 Å². The SMILES string of the molecule is CCN1C(SCC2=C(C(=O)O)N3C(=O)C(NC(=O)/C(=N\OCC(=O)O)c4csc(N)n4)[C@@H]3SC2)=NC(N)=CC1N. The number of nitrogen functional groups attached to an aromatic ring is 1. The molecular formula is C21H25N9O7S3. The molecule has 0 bridgehead atoms. The van der Waals surface area contributed by atoms with E-state index in [9.17, 15) is 24.3 Å². The lowest BCUT2D eigenvalue weighted by Crippen LogP contribution is -2.71. The quantitative estimate of drug-likeness (QED) is 0.103. The van der Waals surface area contributed by atoms with Crippen LogP contribution in [0.5, 0.6) is 0 Å². The van der Waals surface area contributed by atoms with Crippen molar-refractivity contribution < 1.29 is 34.2 Å². The fraction of sp³-hybridized carbons (Fsp3) is 0.381. The minimum absolute atomic E-state index is 0.0256. The summed E-state index contributed by atoms with van der Waals surface area (Å²) in [5, 5.41) is 26.3. The first-order valence-electron chi connectivity index (χ1n) is 11.6. The average molecular weight is 612 g/mol. The molecule has 2 amide bonds.